The average Bonchev–Trinajstić information content (AvgIpc) is 1.99. The highest BCUT2D eigenvalue weighted by Crippen LogP contribution is 1.83. The maximum Gasteiger partial charge on any atom is 0.417 e. The number of rotatable bonds is 7. The Kier molecular flexibility index (Phi) is 7.08. The van der Waals surface area contributed by atoms with Crippen LogP contribution < -0.4 is 5.32 Å². The topological polar surface area (TPSA) is 47.6 Å². The van der Waals surface area contributed by atoms with E-state index < -0.39 is 0 Å². The molecule has 4 heteroatoms. The van der Waals surface area contributed by atoms with Crippen LogP contribution in [0.4, 0.5) is 0 Å². The van der Waals surface area contributed by atoms with E-state index in [1.165, 1.54) is 6.47 Å². The molecule has 0 heterocycles. The van der Waals surface area contributed by atoms with Gasteiger partial charge in [0.25, 0.3) is 0 Å². The molecule has 0 aliphatic rings. The van der Waals surface area contributed by atoms with E-state index >= 15 is 0 Å². The SMILES string of the molecule is COCCNCC(C)O[C]=O. The molecule has 1 N–H and O–H groups in total. The summed E-state index contributed by atoms with van der Waals surface area (Å²) in [4.78, 5) is 9.70. The molecule has 11 heavy (non-hydrogen) atoms. The molecule has 0 aromatic carbocycles. The molecule has 0 aromatic heterocycles. The molecular formula is C7H14NO3. The van der Waals surface area contributed by atoms with Gasteiger partial charge in [-0.15, -0.1) is 0 Å². The second kappa shape index (κ2) is 7.50. The first-order valence-electron chi connectivity index (χ1n) is 3.53. The smallest absolute Gasteiger partial charge is 0.417 e. The molecule has 0 saturated carbocycles. The summed E-state index contributed by atoms with van der Waals surface area (Å²) in [6.07, 6.45) is -0.121. The number of hydrogen-bond acceptors (Lipinski definition) is 4. The molecular weight excluding hydrogens is 146 g/mol. The van der Waals surface area contributed by atoms with E-state index in [0.29, 0.717) is 13.2 Å². The van der Waals surface area contributed by atoms with E-state index in [4.69, 9.17) is 4.74 Å². The molecule has 0 bridgehead atoms. The van der Waals surface area contributed by atoms with Gasteiger partial charge in [0.1, 0.15) is 6.10 Å². The zero-order chi connectivity index (χ0) is 8.53. The lowest BCUT2D eigenvalue weighted by molar-refractivity contribution is 0.173. The van der Waals surface area contributed by atoms with Gasteiger partial charge in [-0.25, -0.2) is 4.79 Å². The zero-order valence-electron chi connectivity index (χ0n) is 6.92. The molecule has 0 fully saturated rings. The summed E-state index contributed by atoms with van der Waals surface area (Å²) in [5, 5.41) is 3.04. The monoisotopic (exact) mass is 160 g/mol. The molecule has 0 spiro atoms. The lowest BCUT2D eigenvalue weighted by atomic mass is 10.4. The first kappa shape index (κ1) is 10.4. The van der Waals surface area contributed by atoms with Crippen molar-refractivity contribution < 1.29 is 14.3 Å². The van der Waals surface area contributed by atoms with Crippen molar-refractivity contribution in [2.24, 2.45) is 0 Å². The standard InChI is InChI=1S/C7H14NO3/c1-7(11-6-9)5-8-3-4-10-2/h7-8H,3-5H2,1-2H3. The number of nitrogens with one attached hydrogen (secondary N) is 1. The van der Waals surface area contributed by atoms with Gasteiger partial charge in [-0.1, -0.05) is 0 Å². The normalized spacial score (nSPS) is 12.5. The van der Waals surface area contributed by atoms with Gasteiger partial charge in [0.15, 0.2) is 0 Å². The van der Waals surface area contributed by atoms with Crippen molar-refractivity contribution in [1.29, 1.82) is 0 Å². The van der Waals surface area contributed by atoms with Crippen molar-refractivity contribution >= 4 is 6.47 Å². The average molecular weight is 160 g/mol. The van der Waals surface area contributed by atoms with Crippen LogP contribution in [0.15, 0.2) is 0 Å². The van der Waals surface area contributed by atoms with Crippen molar-refractivity contribution in [1.82, 2.24) is 5.32 Å². The van der Waals surface area contributed by atoms with Crippen LogP contribution in [0.1, 0.15) is 6.92 Å². The molecule has 0 amide bonds. The van der Waals surface area contributed by atoms with Crippen molar-refractivity contribution in [3.05, 3.63) is 0 Å². The van der Waals surface area contributed by atoms with Crippen LogP contribution in [0.5, 0.6) is 0 Å². The minimum Gasteiger partial charge on any atom is -0.453 e. The lowest BCUT2D eigenvalue weighted by Gasteiger charge is -2.08. The molecule has 0 saturated heterocycles. The number of ether oxygens (including phenoxy) is 2. The third-order valence-electron chi connectivity index (χ3n) is 1.16. The predicted molar refractivity (Wildman–Crippen MR) is 41.0 cm³/mol. The number of methoxy groups -OCH3 is 1. The van der Waals surface area contributed by atoms with Crippen molar-refractivity contribution in [3.8, 4) is 0 Å². The zero-order valence-corrected chi connectivity index (χ0v) is 6.92. The summed E-state index contributed by atoms with van der Waals surface area (Å²) in [6, 6.07) is 0. The summed E-state index contributed by atoms with van der Waals surface area (Å²) in [6.45, 7) is 5.25. The molecule has 0 aliphatic heterocycles. The van der Waals surface area contributed by atoms with Crippen LogP contribution >= 0.6 is 0 Å². The molecule has 1 unspecified atom stereocenters. The van der Waals surface area contributed by atoms with E-state index in [0.717, 1.165) is 6.54 Å². The summed E-state index contributed by atoms with van der Waals surface area (Å²) in [5.74, 6) is 0. The Labute approximate surface area is 66.9 Å². The molecule has 4 nitrogen and oxygen atoms in total. The maximum atomic E-state index is 9.70. The first-order valence-corrected chi connectivity index (χ1v) is 3.53. The fourth-order valence-corrected chi connectivity index (χ4v) is 0.603. The summed E-state index contributed by atoms with van der Waals surface area (Å²) >= 11 is 0. The number of carbonyl (C=O) groups excluding carboxylic acids is 1. The first-order chi connectivity index (χ1) is 5.31. The third-order valence-corrected chi connectivity index (χ3v) is 1.16. The molecule has 0 aromatic rings. The van der Waals surface area contributed by atoms with E-state index in [9.17, 15) is 4.79 Å². The van der Waals surface area contributed by atoms with Gasteiger partial charge >= 0.3 is 6.47 Å². The van der Waals surface area contributed by atoms with Gasteiger partial charge in [-0.3, -0.25) is 0 Å². The minimum atomic E-state index is -0.121. The molecule has 0 aliphatic carbocycles. The van der Waals surface area contributed by atoms with Gasteiger partial charge < -0.3 is 14.8 Å². The van der Waals surface area contributed by atoms with E-state index in [2.05, 4.69) is 10.1 Å². The van der Waals surface area contributed by atoms with Crippen LogP contribution in [0, 0.1) is 0 Å². The molecule has 1 atom stereocenters. The Morgan fingerprint density at radius 3 is 2.91 bits per heavy atom. The van der Waals surface area contributed by atoms with Gasteiger partial charge in [-0.2, -0.15) is 0 Å². The minimum absolute atomic E-state index is 0.121. The van der Waals surface area contributed by atoms with Gasteiger partial charge in [0.05, 0.1) is 6.61 Å². The Balaban J connectivity index is 3.03. The lowest BCUT2D eigenvalue weighted by Crippen LogP contribution is -2.29. The van der Waals surface area contributed by atoms with E-state index in [1.807, 2.05) is 0 Å². The van der Waals surface area contributed by atoms with Gasteiger partial charge in [0.2, 0.25) is 0 Å². The van der Waals surface area contributed by atoms with Crippen LogP contribution in [-0.2, 0) is 14.3 Å². The highest BCUT2D eigenvalue weighted by molar-refractivity contribution is 5.38. The number of hydrogen-bond donors (Lipinski definition) is 1. The largest absolute Gasteiger partial charge is 0.453 e. The molecule has 65 valence electrons. The second-order valence-electron chi connectivity index (χ2n) is 2.21. The Morgan fingerprint density at radius 1 is 1.64 bits per heavy atom. The fraction of sp³-hybridized carbons (Fsp3) is 0.857. The van der Waals surface area contributed by atoms with Gasteiger partial charge in [-0.05, 0) is 6.92 Å². The van der Waals surface area contributed by atoms with Crippen molar-refractivity contribution in [2.75, 3.05) is 26.8 Å². The van der Waals surface area contributed by atoms with Crippen molar-refractivity contribution in [3.63, 3.8) is 0 Å². The second-order valence-corrected chi connectivity index (χ2v) is 2.21. The van der Waals surface area contributed by atoms with Crippen molar-refractivity contribution in [2.45, 2.75) is 13.0 Å². The maximum absolute atomic E-state index is 9.70. The highest BCUT2D eigenvalue weighted by Gasteiger charge is 1.99. The molecule has 1 radical (unpaired) electrons. The Morgan fingerprint density at radius 2 is 2.36 bits per heavy atom. The van der Waals surface area contributed by atoms with Crippen LogP contribution in [0.2, 0.25) is 0 Å². The summed E-state index contributed by atoms with van der Waals surface area (Å²) < 4.78 is 9.32. The quantitative estimate of drug-likeness (QED) is 0.519. The van der Waals surface area contributed by atoms with Crippen LogP contribution in [-0.4, -0.2) is 39.4 Å². The van der Waals surface area contributed by atoms with Gasteiger partial charge in [0, 0.05) is 20.2 Å². The summed E-state index contributed by atoms with van der Waals surface area (Å²) in [7, 11) is 1.64. The predicted octanol–water partition coefficient (Wildman–Crippen LogP) is -0.305. The summed E-state index contributed by atoms with van der Waals surface area (Å²) in [5.41, 5.74) is 0. The van der Waals surface area contributed by atoms with Crippen LogP contribution in [0.25, 0.3) is 0 Å². The Bertz CT molecular complexity index is 97.7. The molecule has 0 rings (SSSR count). The highest BCUT2D eigenvalue weighted by atomic mass is 16.5. The van der Waals surface area contributed by atoms with Crippen LogP contribution in [0.3, 0.4) is 0 Å². The van der Waals surface area contributed by atoms with E-state index in [-0.39, 0.29) is 6.10 Å². The third kappa shape index (κ3) is 7.29. The fourth-order valence-electron chi connectivity index (χ4n) is 0.603. The van der Waals surface area contributed by atoms with E-state index in [1.54, 1.807) is 14.0 Å². The Hall–Kier alpha value is -0.610.